The molecule has 2 aromatic rings. The average molecular weight is 291 g/mol. The van der Waals surface area contributed by atoms with E-state index in [2.05, 4.69) is 10.3 Å². The zero-order valence-electron chi connectivity index (χ0n) is 12.6. The molecular weight excluding hydrogens is 270 g/mol. The Morgan fingerprint density at radius 2 is 1.90 bits per heavy atom. The molecule has 0 fully saturated rings. The van der Waals surface area contributed by atoms with E-state index in [0.29, 0.717) is 30.4 Å². The molecule has 0 unspecified atom stereocenters. The van der Waals surface area contributed by atoms with Crippen LogP contribution in [0.15, 0.2) is 30.9 Å². The van der Waals surface area contributed by atoms with Crippen LogP contribution in [-0.2, 0) is 13.1 Å². The summed E-state index contributed by atoms with van der Waals surface area (Å²) >= 11 is 0. The normalized spacial score (nSPS) is 10.4. The monoisotopic (exact) mass is 291 g/mol. The molecular formula is C15H21N3O3. The molecule has 0 bridgehead atoms. The van der Waals surface area contributed by atoms with Crippen molar-refractivity contribution in [1.29, 1.82) is 0 Å². The Morgan fingerprint density at radius 1 is 1.19 bits per heavy atom. The van der Waals surface area contributed by atoms with E-state index in [1.807, 2.05) is 29.9 Å². The van der Waals surface area contributed by atoms with E-state index in [1.54, 1.807) is 26.7 Å². The van der Waals surface area contributed by atoms with Crippen LogP contribution in [0.25, 0.3) is 0 Å². The molecule has 6 nitrogen and oxygen atoms in total. The molecule has 6 heteroatoms. The lowest BCUT2D eigenvalue weighted by atomic mass is 10.2. The fraction of sp³-hybridized carbons (Fsp3) is 0.400. The third-order valence-electron chi connectivity index (χ3n) is 3.06. The minimum absolute atomic E-state index is 0.508. The average Bonchev–Trinajstić information content (AvgIpc) is 3.01. The molecule has 0 aliphatic heterocycles. The number of nitrogens with one attached hydrogen (secondary N) is 1. The van der Waals surface area contributed by atoms with Gasteiger partial charge < -0.3 is 24.1 Å². The summed E-state index contributed by atoms with van der Waals surface area (Å²) in [6.45, 7) is 1.96. The predicted molar refractivity (Wildman–Crippen MR) is 80.0 cm³/mol. The highest BCUT2D eigenvalue weighted by Crippen LogP contribution is 2.38. The second-order valence-electron chi connectivity index (χ2n) is 4.51. The highest BCUT2D eigenvalue weighted by atomic mass is 16.5. The third kappa shape index (κ3) is 3.88. The minimum atomic E-state index is 0.508. The third-order valence-corrected chi connectivity index (χ3v) is 3.06. The lowest BCUT2D eigenvalue weighted by molar-refractivity contribution is 0.262. The standard InChI is InChI=1S/C15H21N3O3/c1-16-10-12-8-13(19-2)15(14(9-12)20-3)21-7-6-18-5-4-17-11-18/h4-5,8-9,11,16H,6-7,10H2,1-3H3. The van der Waals surface area contributed by atoms with Crippen LogP contribution >= 0.6 is 0 Å². The Balaban J connectivity index is 2.12. The van der Waals surface area contributed by atoms with Crippen molar-refractivity contribution >= 4 is 0 Å². The summed E-state index contributed by atoms with van der Waals surface area (Å²) in [5.74, 6) is 1.97. The van der Waals surface area contributed by atoms with Crippen molar-refractivity contribution in [2.24, 2.45) is 0 Å². The van der Waals surface area contributed by atoms with E-state index in [0.717, 1.165) is 12.1 Å². The molecule has 0 saturated carbocycles. The molecule has 1 N–H and O–H groups in total. The smallest absolute Gasteiger partial charge is 0.203 e. The maximum absolute atomic E-state index is 5.84. The van der Waals surface area contributed by atoms with Gasteiger partial charge in [0, 0.05) is 18.9 Å². The molecule has 0 aliphatic rings. The first kappa shape index (κ1) is 15.2. The molecule has 21 heavy (non-hydrogen) atoms. The van der Waals surface area contributed by atoms with Gasteiger partial charge in [-0.25, -0.2) is 4.98 Å². The van der Waals surface area contributed by atoms with Crippen molar-refractivity contribution < 1.29 is 14.2 Å². The summed E-state index contributed by atoms with van der Waals surface area (Å²) in [5.41, 5.74) is 1.08. The van der Waals surface area contributed by atoms with Gasteiger partial charge in [0.1, 0.15) is 6.61 Å². The number of nitrogens with zero attached hydrogens (tertiary/aromatic N) is 2. The maximum atomic E-state index is 5.84. The Kier molecular flexibility index (Phi) is 5.45. The number of rotatable bonds is 8. The molecule has 0 amide bonds. The van der Waals surface area contributed by atoms with E-state index in [9.17, 15) is 0 Å². The first-order valence-electron chi connectivity index (χ1n) is 6.76. The van der Waals surface area contributed by atoms with Crippen molar-refractivity contribution in [2.45, 2.75) is 13.1 Å². The van der Waals surface area contributed by atoms with Gasteiger partial charge in [0.2, 0.25) is 5.75 Å². The van der Waals surface area contributed by atoms with Gasteiger partial charge in [-0.3, -0.25) is 0 Å². The summed E-state index contributed by atoms with van der Waals surface area (Å²) in [5, 5.41) is 3.11. The van der Waals surface area contributed by atoms with Crippen molar-refractivity contribution in [3.05, 3.63) is 36.4 Å². The Bertz CT molecular complexity index is 530. The molecule has 2 rings (SSSR count). The van der Waals surface area contributed by atoms with E-state index in [-0.39, 0.29) is 0 Å². The van der Waals surface area contributed by atoms with Crippen LogP contribution in [0.2, 0.25) is 0 Å². The second kappa shape index (κ2) is 7.54. The highest BCUT2D eigenvalue weighted by Gasteiger charge is 2.14. The fourth-order valence-corrected chi connectivity index (χ4v) is 2.05. The predicted octanol–water partition coefficient (Wildman–Crippen LogP) is 1.70. The van der Waals surface area contributed by atoms with Gasteiger partial charge in [0.05, 0.1) is 27.1 Å². The zero-order chi connectivity index (χ0) is 15.1. The van der Waals surface area contributed by atoms with Gasteiger partial charge in [-0.15, -0.1) is 0 Å². The van der Waals surface area contributed by atoms with Crippen molar-refractivity contribution in [1.82, 2.24) is 14.9 Å². The van der Waals surface area contributed by atoms with Crippen LogP contribution < -0.4 is 19.5 Å². The Hall–Kier alpha value is -2.21. The molecule has 114 valence electrons. The molecule has 0 saturated heterocycles. The van der Waals surface area contributed by atoms with Crippen LogP contribution in [0.4, 0.5) is 0 Å². The van der Waals surface area contributed by atoms with Gasteiger partial charge in [-0.1, -0.05) is 0 Å². The fourth-order valence-electron chi connectivity index (χ4n) is 2.05. The number of aromatic nitrogens is 2. The van der Waals surface area contributed by atoms with E-state index in [4.69, 9.17) is 14.2 Å². The second-order valence-corrected chi connectivity index (χ2v) is 4.51. The van der Waals surface area contributed by atoms with Crippen molar-refractivity contribution in [3.63, 3.8) is 0 Å². The Morgan fingerprint density at radius 3 is 2.43 bits per heavy atom. The van der Waals surface area contributed by atoms with Crippen LogP contribution in [0.1, 0.15) is 5.56 Å². The quantitative estimate of drug-likeness (QED) is 0.802. The van der Waals surface area contributed by atoms with E-state index >= 15 is 0 Å². The molecule has 0 radical (unpaired) electrons. The lowest BCUT2D eigenvalue weighted by Gasteiger charge is -2.16. The number of hydrogen-bond donors (Lipinski definition) is 1. The molecule has 1 aromatic carbocycles. The van der Waals surface area contributed by atoms with Gasteiger partial charge in [-0.2, -0.15) is 0 Å². The van der Waals surface area contributed by atoms with E-state index in [1.165, 1.54) is 0 Å². The molecule has 1 heterocycles. The van der Waals surface area contributed by atoms with Crippen LogP contribution in [-0.4, -0.2) is 37.4 Å². The zero-order valence-corrected chi connectivity index (χ0v) is 12.6. The van der Waals surface area contributed by atoms with Crippen molar-refractivity contribution in [3.8, 4) is 17.2 Å². The topological polar surface area (TPSA) is 57.5 Å². The van der Waals surface area contributed by atoms with Gasteiger partial charge >= 0.3 is 0 Å². The summed E-state index contributed by atoms with van der Waals surface area (Å²) in [6.07, 6.45) is 5.40. The summed E-state index contributed by atoms with van der Waals surface area (Å²) in [7, 11) is 5.15. The molecule has 0 spiro atoms. The SMILES string of the molecule is CNCc1cc(OC)c(OCCn2ccnc2)c(OC)c1. The summed E-state index contributed by atoms with van der Waals surface area (Å²) in [4.78, 5) is 4.00. The number of benzene rings is 1. The van der Waals surface area contributed by atoms with E-state index < -0.39 is 0 Å². The minimum Gasteiger partial charge on any atom is -0.493 e. The molecule has 0 aliphatic carbocycles. The van der Waals surface area contributed by atoms with Crippen LogP contribution in [0.3, 0.4) is 0 Å². The first-order chi connectivity index (χ1) is 10.3. The number of imidazole rings is 1. The lowest BCUT2D eigenvalue weighted by Crippen LogP contribution is -2.09. The van der Waals surface area contributed by atoms with Crippen LogP contribution in [0.5, 0.6) is 17.2 Å². The van der Waals surface area contributed by atoms with Gasteiger partial charge in [0.25, 0.3) is 0 Å². The summed E-state index contributed by atoms with van der Waals surface area (Å²) < 4.78 is 18.6. The first-order valence-corrected chi connectivity index (χ1v) is 6.76. The van der Waals surface area contributed by atoms with Gasteiger partial charge in [-0.05, 0) is 24.7 Å². The number of hydrogen-bond acceptors (Lipinski definition) is 5. The molecule has 1 aromatic heterocycles. The van der Waals surface area contributed by atoms with Gasteiger partial charge in [0.15, 0.2) is 11.5 Å². The van der Waals surface area contributed by atoms with Crippen molar-refractivity contribution in [2.75, 3.05) is 27.9 Å². The number of methoxy groups -OCH3 is 2. The largest absolute Gasteiger partial charge is 0.493 e. The maximum Gasteiger partial charge on any atom is 0.203 e. The number of ether oxygens (including phenoxy) is 3. The van der Waals surface area contributed by atoms with Crippen LogP contribution in [0, 0.1) is 0 Å². The Labute approximate surface area is 124 Å². The molecule has 0 atom stereocenters. The summed E-state index contributed by atoms with van der Waals surface area (Å²) in [6, 6.07) is 3.90. The highest BCUT2D eigenvalue weighted by molar-refractivity contribution is 5.53.